The maximum atomic E-state index is 8.93. The maximum Gasteiger partial charge on any atom is 4.00 e. The van der Waals surface area contributed by atoms with E-state index in [0.29, 0.717) is 0 Å². The van der Waals surface area contributed by atoms with Crippen molar-refractivity contribution in [2.45, 2.75) is 0 Å². The van der Waals surface area contributed by atoms with E-state index in [9.17, 15) is 0 Å². The molecule has 0 amide bonds. The summed E-state index contributed by atoms with van der Waals surface area (Å²) in [4.78, 5) is 35.7. The molecule has 0 fully saturated rings. The van der Waals surface area contributed by atoms with Crippen LogP contribution in [0.1, 0.15) is 0 Å². The number of hydrogen-bond acceptors (Lipinski definition) is 8. The molecule has 0 aliphatic heterocycles. The SMILES string of the molecule is O=C([O-])C(=O)[O-].O=C([O-])C(=O)[O-].[Nb+4]. The minimum absolute atomic E-state index is 0. The Morgan fingerprint density at radius 2 is 0.615 bits per heavy atom. The Morgan fingerprint density at radius 1 is 0.538 bits per heavy atom. The van der Waals surface area contributed by atoms with E-state index in [4.69, 9.17) is 39.6 Å². The zero-order valence-electron chi connectivity index (χ0n) is 5.71. The first-order valence-electron chi connectivity index (χ1n) is 2.13. The van der Waals surface area contributed by atoms with Gasteiger partial charge in [0.05, 0.1) is 23.9 Å². The van der Waals surface area contributed by atoms with Crippen LogP contribution in [0.15, 0.2) is 0 Å². The van der Waals surface area contributed by atoms with Crippen molar-refractivity contribution in [3.8, 4) is 0 Å². The van der Waals surface area contributed by atoms with Gasteiger partial charge in [-0.1, -0.05) is 0 Å². The zero-order valence-corrected chi connectivity index (χ0v) is 7.91. The van der Waals surface area contributed by atoms with Crippen LogP contribution in [0.25, 0.3) is 0 Å². The molecule has 0 aromatic heterocycles. The van der Waals surface area contributed by atoms with Gasteiger partial charge in [0.25, 0.3) is 0 Å². The fraction of sp³-hybridized carbons (Fsp3) is 0. The van der Waals surface area contributed by atoms with Crippen molar-refractivity contribution in [2.24, 2.45) is 0 Å². The first kappa shape index (κ1) is 17.6. The van der Waals surface area contributed by atoms with Crippen LogP contribution >= 0.6 is 0 Å². The number of rotatable bonds is 0. The normalized spacial score (nSPS) is 6.77. The number of carbonyl (C=O) groups excluding carboxylic acids is 4. The quantitative estimate of drug-likeness (QED) is 0.309. The molecule has 0 rings (SSSR count). The van der Waals surface area contributed by atoms with Crippen molar-refractivity contribution in [1.29, 1.82) is 0 Å². The molecule has 0 atom stereocenters. The summed E-state index contributed by atoms with van der Waals surface area (Å²) in [6.45, 7) is 0. The summed E-state index contributed by atoms with van der Waals surface area (Å²) in [6, 6.07) is 0. The Morgan fingerprint density at radius 3 is 0.615 bits per heavy atom. The molecule has 0 heterocycles. The van der Waals surface area contributed by atoms with Gasteiger partial charge in [0, 0.05) is 0 Å². The van der Waals surface area contributed by atoms with E-state index in [1.807, 2.05) is 0 Å². The fourth-order valence-electron chi connectivity index (χ4n) is 0. The molecule has 0 aliphatic rings. The minimum atomic E-state index is -2.19. The Kier molecular flexibility index (Phi) is 11.8. The van der Waals surface area contributed by atoms with E-state index < -0.39 is 23.9 Å². The van der Waals surface area contributed by atoms with Crippen molar-refractivity contribution in [2.75, 3.05) is 0 Å². The third-order valence-corrected chi connectivity index (χ3v) is 0.333. The minimum Gasteiger partial charge on any atom is -0.543 e. The third-order valence-electron chi connectivity index (χ3n) is 0.333. The second-order valence-corrected chi connectivity index (χ2v) is 1.15. The number of carboxylic acid groups (broad SMARTS) is 4. The first-order valence-corrected chi connectivity index (χ1v) is 2.13. The summed E-state index contributed by atoms with van der Waals surface area (Å²) < 4.78 is 0. The van der Waals surface area contributed by atoms with Gasteiger partial charge in [-0.25, -0.2) is 0 Å². The second-order valence-electron chi connectivity index (χ2n) is 1.15. The number of aliphatic carboxylic acids is 4. The molecule has 13 heavy (non-hydrogen) atoms. The molecule has 0 N–H and O–H groups in total. The molecule has 0 saturated carbocycles. The molecule has 9 heteroatoms. The Labute approximate surface area is 86.3 Å². The van der Waals surface area contributed by atoms with Gasteiger partial charge in [-0.05, 0) is 0 Å². The molecule has 0 spiro atoms. The van der Waals surface area contributed by atoms with Gasteiger partial charge < -0.3 is 39.6 Å². The summed E-state index contributed by atoms with van der Waals surface area (Å²) in [6.07, 6.45) is 0. The molecule has 0 bridgehead atoms. The standard InChI is InChI=1S/2C2H2O4.Nb/c2*3-1(4)2(5)6;/h2*(H,3,4)(H,5,6);/q;;+4/p-4. The van der Waals surface area contributed by atoms with Crippen LogP contribution in [0, 0.1) is 0 Å². The van der Waals surface area contributed by atoms with Crippen LogP contribution in [-0.2, 0) is 41.6 Å². The molecule has 1 radical (unpaired) electrons. The Hall–Kier alpha value is -1.38. The van der Waals surface area contributed by atoms with E-state index in [2.05, 4.69) is 0 Å². The molecule has 0 unspecified atom stereocenters. The van der Waals surface area contributed by atoms with Crippen molar-refractivity contribution >= 4 is 23.9 Å². The molecule has 0 aromatic carbocycles. The van der Waals surface area contributed by atoms with Gasteiger partial charge in [-0.15, -0.1) is 0 Å². The molecule has 0 aliphatic carbocycles. The van der Waals surface area contributed by atoms with Crippen molar-refractivity contribution in [3.05, 3.63) is 0 Å². The summed E-state index contributed by atoms with van der Waals surface area (Å²) in [7, 11) is 0. The largest absolute Gasteiger partial charge is 4.00 e. The molecule has 0 saturated heterocycles. The summed E-state index contributed by atoms with van der Waals surface area (Å²) in [5.74, 6) is -8.74. The van der Waals surface area contributed by atoms with E-state index in [1.54, 1.807) is 0 Å². The molecule has 8 nitrogen and oxygen atoms in total. The predicted octanol–water partition coefficient (Wildman–Crippen LogP) is -7.03. The van der Waals surface area contributed by atoms with Crippen molar-refractivity contribution in [1.82, 2.24) is 0 Å². The van der Waals surface area contributed by atoms with Crippen LogP contribution in [0.4, 0.5) is 0 Å². The monoisotopic (exact) mass is 269 g/mol. The molecule has 0 aromatic rings. The summed E-state index contributed by atoms with van der Waals surface area (Å²) in [5.41, 5.74) is 0. The molecular formula is C4NbO8. The number of hydrogen-bond donors (Lipinski definition) is 0. The van der Waals surface area contributed by atoms with Gasteiger partial charge in [0.2, 0.25) is 0 Å². The number of carbonyl (C=O) groups is 4. The average Bonchev–Trinajstić information content (AvgIpc) is 1.88. The van der Waals surface area contributed by atoms with Gasteiger partial charge >= 0.3 is 22.4 Å². The maximum absolute atomic E-state index is 8.93. The van der Waals surface area contributed by atoms with Crippen LogP contribution in [0.5, 0.6) is 0 Å². The van der Waals surface area contributed by atoms with Crippen molar-refractivity contribution < 1.29 is 62.0 Å². The van der Waals surface area contributed by atoms with E-state index in [1.165, 1.54) is 0 Å². The average molecular weight is 269 g/mol. The van der Waals surface area contributed by atoms with Gasteiger partial charge in [-0.2, -0.15) is 0 Å². The molecule has 69 valence electrons. The fourth-order valence-corrected chi connectivity index (χ4v) is 0. The molecular weight excluding hydrogens is 269 g/mol. The third kappa shape index (κ3) is 18.0. The Bertz CT molecular complexity index is 172. The summed E-state index contributed by atoms with van der Waals surface area (Å²) in [5, 5.41) is 35.7. The Balaban J connectivity index is -0.000000143. The van der Waals surface area contributed by atoms with Crippen LogP contribution in [-0.4, -0.2) is 23.9 Å². The van der Waals surface area contributed by atoms with Gasteiger partial charge in [0.1, 0.15) is 0 Å². The van der Waals surface area contributed by atoms with Crippen LogP contribution in [0.3, 0.4) is 0 Å². The van der Waals surface area contributed by atoms with E-state index in [0.717, 1.165) is 0 Å². The number of carboxylic acids is 4. The van der Waals surface area contributed by atoms with Crippen molar-refractivity contribution in [3.63, 3.8) is 0 Å². The smallest absolute Gasteiger partial charge is 0.543 e. The second kappa shape index (κ2) is 8.71. The summed E-state index contributed by atoms with van der Waals surface area (Å²) >= 11 is 0. The van der Waals surface area contributed by atoms with Crippen LogP contribution in [0.2, 0.25) is 0 Å². The van der Waals surface area contributed by atoms with Gasteiger partial charge in [0.15, 0.2) is 0 Å². The first-order chi connectivity index (χ1) is 5.29. The van der Waals surface area contributed by atoms with E-state index in [-0.39, 0.29) is 22.4 Å². The van der Waals surface area contributed by atoms with Gasteiger partial charge in [-0.3, -0.25) is 0 Å². The topological polar surface area (TPSA) is 161 Å². The zero-order chi connectivity index (χ0) is 10.3. The van der Waals surface area contributed by atoms with Crippen LogP contribution < -0.4 is 20.4 Å². The van der Waals surface area contributed by atoms with E-state index >= 15 is 0 Å². The predicted molar refractivity (Wildman–Crippen MR) is 20.0 cm³/mol.